The first kappa shape index (κ1) is 13.1. The number of likely N-dealkylation sites (tertiary alicyclic amines) is 1. The van der Waals surface area contributed by atoms with Crippen molar-refractivity contribution in [3.8, 4) is 0 Å². The van der Waals surface area contributed by atoms with Crippen molar-refractivity contribution in [3.05, 3.63) is 58.4 Å². The second-order valence-electron chi connectivity index (χ2n) is 6.10. The highest BCUT2D eigenvalue weighted by atomic mass is 35.5. The van der Waals surface area contributed by atoms with Crippen LogP contribution in [0, 0.1) is 12.7 Å². The highest BCUT2D eigenvalue weighted by Gasteiger charge is 2.36. The largest absolute Gasteiger partial charge is 0.338 e. The average Bonchev–Trinajstić information content (AvgIpc) is 2.73. The van der Waals surface area contributed by atoms with E-state index in [1.54, 1.807) is 6.92 Å². The molecule has 1 unspecified atom stereocenters. The van der Waals surface area contributed by atoms with E-state index >= 15 is 4.39 Å². The summed E-state index contributed by atoms with van der Waals surface area (Å²) in [5.41, 5.74) is -2.38. The molecule has 2 aromatic rings. The summed E-state index contributed by atoms with van der Waals surface area (Å²) in [6.07, 6.45) is -1.12. The highest BCUT2D eigenvalue weighted by Crippen LogP contribution is 2.27. The van der Waals surface area contributed by atoms with Gasteiger partial charge in [0.25, 0.3) is 5.91 Å². The predicted octanol–water partition coefficient (Wildman–Crippen LogP) is 3.31. The second-order valence-corrected chi connectivity index (χ2v) is 6.51. The summed E-state index contributed by atoms with van der Waals surface area (Å²) in [7, 11) is 0. The first-order valence-electron chi connectivity index (χ1n) is 11.1. The van der Waals surface area contributed by atoms with Gasteiger partial charge >= 0.3 is 0 Å². The van der Waals surface area contributed by atoms with Crippen LogP contribution in [0.2, 0.25) is 5.02 Å². The number of halogens is 3. The Morgan fingerprint density at radius 3 is 2.93 bits per heavy atom. The van der Waals surface area contributed by atoms with Crippen molar-refractivity contribution in [1.29, 1.82) is 0 Å². The number of carbonyl (C=O) groups excluding carboxylic acids is 1. The number of carbonyl (C=O) groups is 1. The molecule has 144 valence electrons. The molecule has 5 nitrogen and oxygen atoms in total. The Morgan fingerprint density at radius 2 is 2.22 bits per heavy atom. The summed E-state index contributed by atoms with van der Waals surface area (Å²) in [6, 6.07) is 2.98. The number of hydrogen-bond acceptors (Lipinski definition) is 4. The van der Waals surface area contributed by atoms with Crippen molar-refractivity contribution in [2.24, 2.45) is 0 Å². The number of alkyl halides is 1. The van der Waals surface area contributed by atoms with Gasteiger partial charge in [-0.2, -0.15) is 0 Å². The Kier molecular flexibility index (Phi) is 4.02. The lowest BCUT2D eigenvalue weighted by Gasteiger charge is -2.36. The van der Waals surface area contributed by atoms with Crippen LogP contribution in [0.25, 0.3) is 0 Å². The summed E-state index contributed by atoms with van der Waals surface area (Å²) in [5.74, 6) is -2.06. The molecule has 1 saturated heterocycles. The van der Waals surface area contributed by atoms with Crippen LogP contribution >= 0.6 is 11.6 Å². The van der Waals surface area contributed by atoms with E-state index in [1.165, 1.54) is 12.4 Å². The van der Waals surface area contributed by atoms with Gasteiger partial charge < -0.3 is 10.2 Å². The minimum atomic E-state index is -3.24. The quantitative estimate of drug-likeness (QED) is 0.836. The van der Waals surface area contributed by atoms with Crippen LogP contribution in [0.5, 0.6) is 0 Å². The number of piperidine rings is 1. The molecule has 1 fully saturated rings. The summed E-state index contributed by atoms with van der Waals surface area (Å²) in [6.45, 7) is -5.26. The molecule has 0 aliphatic carbocycles. The van der Waals surface area contributed by atoms with Crippen LogP contribution in [0.15, 0.2) is 30.6 Å². The fraction of sp³-hybridized carbons (Fsp3) is 0.421. The van der Waals surface area contributed by atoms with Gasteiger partial charge in [-0.1, -0.05) is 11.6 Å². The number of nitrogens with zero attached hydrogens (tertiary/aromatic N) is 3. The van der Waals surface area contributed by atoms with Crippen LogP contribution in [0.3, 0.4) is 0 Å². The topological polar surface area (TPSA) is 58.1 Å². The van der Waals surface area contributed by atoms with E-state index in [4.69, 9.17) is 19.8 Å². The van der Waals surface area contributed by atoms with Crippen molar-refractivity contribution in [2.45, 2.75) is 31.9 Å². The number of hydrogen-bond donors (Lipinski definition) is 1. The zero-order valence-corrected chi connectivity index (χ0v) is 15.1. The van der Waals surface area contributed by atoms with Crippen molar-refractivity contribution >= 4 is 17.5 Å². The molecule has 1 aromatic heterocycles. The third-order valence-corrected chi connectivity index (χ3v) is 4.20. The minimum absolute atomic E-state index is 0.182. The van der Waals surface area contributed by atoms with E-state index in [1.807, 2.05) is 0 Å². The molecule has 1 N–H and O–H groups in total. The summed E-state index contributed by atoms with van der Waals surface area (Å²) in [5, 5.41) is 1.88. The van der Waals surface area contributed by atoms with Crippen molar-refractivity contribution in [2.75, 3.05) is 19.6 Å². The lowest BCUT2D eigenvalue weighted by Crippen LogP contribution is -2.48. The number of nitrogens with one attached hydrogen (secondary N) is 1. The molecule has 1 amide bonds. The molecule has 0 saturated carbocycles. The monoisotopic (exact) mass is 400 g/mol. The van der Waals surface area contributed by atoms with Crippen LogP contribution < -0.4 is 5.32 Å². The average molecular weight is 401 g/mol. The lowest BCUT2D eigenvalue weighted by molar-refractivity contribution is 0.0434. The fourth-order valence-corrected chi connectivity index (χ4v) is 2.55. The SMILES string of the molecule is [2H]C([2H])(NCC1(F)CCN(C(=O)c2ccc(F)c(Cl)c2)C([2H])([2H])C1([2H])[2H])c1ncc(C)cn1. The summed E-state index contributed by atoms with van der Waals surface area (Å²) < 4.78 is 78.3. The molecule has 8 heteroatoms. The normalized spacial score (nSPS) is 27.5. The number of aromatic nitrogens is 2. The number of rotatable bonds is 5. The van der Waals surface area contributed by atoms with Gasteiger partial charge in [-0.3, -0.25) is 4.79 Å². The molecule has 0 radical (unpaired) electrons. The van der Waals surface area contributed by atoms with Gasteiger partial charge in [0, 0.05) is 55.8 Å². The maximum Gasteiger partial charge on any atom is 0.253 e. The van der Waals surface area contributed by atoms with Gasteiger partial charge in [-0.15, -0.1) is 0 Å². The highest BCUT2D eigenvalue weighted by molar-refractivity contribution is 6.31. The first-order valence-corrected chi connectivity index (χ1v) is 8.50. The van der Waals surface area contributed by atoms with Gasteiger partial charge in [0.05, 0.1) is 14.3 Å². The van der Waals surface area contributed by atoms with Gasteiger partial charge in [-0.05, 0) is 30.7 Å². The molecular formula is C19H21ClF2N4O. The van der Waals surface area contributed by atoms with Gasteiger partial charge in [0.1, 0.15) is 17.3 Å². The Balaban J connectivity index is 1.83. The Bertz CT molecular complexity index is 1060. The smallest absolute Gasteiger partial charge is 0.253 e. The summed E-state index contributed by atoms with van der Waals surface area (Å²) in [4.78, 5) is 21.1. The van der Waals surface area contributed by atoms with Crippen molar-refractivity contribution in [1.82, 2.24) is 20.2 Å². The molecule has 0 spiro atoms. The molecule has 1 aliphatic rings. The molecular weight excluding hydrogens is 374 g/mol. The van der Waals surface area contributed by atoms with Gasteiger partial charge in [0.2, 0.25) is 0 Å². The van der Waals surface area contributed by atoms with E-state index in [2.05, 4.69) is 15.3 Å². The standard InChI is InChI=1S/C19H21ClF2N4O/c1-13-9-24-17(25-10-13)11-23-12-19(22)4-6-26(7-5-19)18(27)14-2-3-16(21)15(20)8-14/h2-3,8-10,23H,4-7,11-12H2,1H3/i4D2,6D2,11D2. The first-order chi connectivity index (χ1) is 15.1. The molecule has 2 heterocycles. The third kappa shape index (κ3) is 4.99. The zero-order chi connectivity index (χ0) is 24.8. The Labute approximate surface area is 170 Å². The molecule has 1 aliphatic heterocycles. The van der Waals surface area contributed by atoms with Crippen LogP contribution in [-0.4, -0.2) is 46.0 Å². The number of amides is 1. The Morgan fingerprint density at radius 1 is 1.48 bits per heavy atom. The van der Waals surface area contributed by atoms with Crippen LogP contribution in [0.1, 0.15) is 42.8 Å². The predicted molar refractivity (Wildman–Crippen MR) is 98.9 cm³/mol. The maximum absolute atomic E-state index is 15.8. The van der Waals surface area contributed by atoms with Gasteiger partial charge in [0.15, 0.2) is 0 Å². The minimum Gasteiger partial charge on any atom is -0.338 e. The molecule has 1 aromatic carbocycles. The molecule has 1 atom stereocenters. The molecule has 0 bridgehead atoms. The van der Waals surface area contributed by atoms with E-state index in [0.717, 1.165) is 18.2 Å². The number of aryl methyl sites for hydroxylation is 1. The van der Waals surface area contributed by atoms with Crippen LogP contribution in [-0.2, 0) is 6.50 Å². The van der Waals surface area contributed by atoms with E-state index in [0.29, 0.717) is 10.5 Å². The van der Waals surface area contributed by atoms with E-state index < -0.39 is 56.3 Å². The Hall–Kier alpha value is -2.12. The fourth-order valence-electron chi connectivity index (χ4n) is 2.37. The molecule has 27 heavy (non-hydrogen) atoms. The van der Waals surface area contributed by atoms with Crippen molar-refractivity contribution < 1.29 is 21.8 Å². The summed E-state index contributed by atoms with van der Waals surface area (Å²) >= 11 is 5.68. The van der Waals surface area contributed by atoms with Gasteiger partial charge in [-0.25, -0.2) is 18.7 Å². The number of benzene rings is 1. The lowest BCUT2D eigenvalue weighted by atomic mass is 9.92. The van der Waals surface area contributed by atoms with Crippen LogP contribution in [0.4, 0.5) is 8.78 Å². The van der Waals surface area contributed by atoms with Crippen molar-refractivity contribution in [3.63, 3.8) is 0 Å². The van der Waals surface area contributed by atoms with E-state index in [9.17, 15) is 9.18 Å². The third-order valence-electron chi connectivity index (χ3n) is 3.91. The second kappa shape index (κ2) is 8.27. The molecule has 3 rings (SSSR count). The zero-order valence-electron chi connectivity index (χ0n) is 20.4. The van der Waals surface area contributed by atoms with E-state index in [-0.39, 0.29) is 16.4 Å². The maximum atomic E-state index is 15.8.